The van der Waals surface area contributed by atoms with Crippen molar-refractivity contribution >= 4 is 34.0 Å². The van der Waals surface area contributed by atoms with Gasteiger partial charge in [0.25, 0.3) is 6.01 Å². The van der Waals surface area contributed by atoms with Crippen molar-refractivity contribution in [3.8, 4) is 11.3 Å². The first-order chi connectivity index (χ1) is 17.2. The molecular formula is C26H26N8O. The first kappa shape index (κ1) is 20.4. The van der Waals surface area contributed by atoms with Gasteiger partial charge in [-0.2, -0.15) is 10.1 Å². The maximum Gasteiger partial charge on any atom is 0.292 e. The number of hydrogen-bond acceptors (Lipinski definition) is 8. The minimum Gasteiger partial charge on any atom is -0.424 e. The van der Waals surface area contributed by atoms with E-state index in [-0.39, 0.29) is 6.01 Å². The summed E-state index contributed by atoms with van der Waals surface area (Å²) >= 11 is 0. The third kappa shape index (κ3) is 3.68. The molecular weight excluding hydrogens is 440 g/mol. The summed E-state index contributed by atoms with van der Waals surface area (Å²) in [4.78, 5) is 18.6. The second kappa shape index (κ2) is 8.06. The van der Waals surface area contributed by atoms with Gasteiger partial charge < -0.3 is 15.1 Å². The third-order valence-corrected chi connectivity index (χ3v) is 6.96. The van der Waals surface area contributed by atoms with Gasteiger partial charge in [-0.1, -0.05) is 30.3 Å². The molecule has 2 fully saturated rings. The van der Waals surface area contributed by atoms with Crippen LogP contribution in [0.4, 0.5) is 11.8 Å². The molecule has 1 saturated heterocycles. The minimum absolute atomic E-state index is 0.169. The van der Waals surface area contributed by atoms with Crippen molar-refractivity contribution in [2.45, 2.75) is 25.4 Å². The van der Waals surface area contributed by atoms with Gasteiger partial charge in [0, 0.05) is 38.3 Å². The fourth-order valence-corrected chi connectivity index (χ4v) is 5.03. The van der Waals surface area contributed by atoms with Gasteiger partial charge in [-0.15, -0.1) is 0 Å². The number of hydrogen-bond donors (Lipinski definition) is 1. The van der Waals surface area contributed by atoms with Gasteiger partial charge in [-0.25, -0.2) is 14.6 Å². The summed E-state index contributed by atoms with van der Waals surface area (Å²) in [5.74, 6) is 0.955. The van der Waals surface area contributed by atoms with Crippen molar-refractivity contribution in [3.05, 3.63) is 60.4 Å². The van der Waals surface area contributed by atoms with Gasteiger partial charge in [-0.3, -0.25) is 4.90 Å². The Kier molecular flexibility index (Phi) is 4.70. The van der Waals surface area contributed by atoms with Crippen LogP contribution in [0.25, 0.3) is 33.4 Å². The summed E-state index contributed by atoms with van der Waals surface area (Å²) in [6, 6.07) is 17.1. The van der Waals surface area contributed by atoms with Crippen LogP contribution < -0.4 is 10.6 Å². The van der Waals surface area contributed by atoms with Gasteiger partial charge in [-0.05, 0) is 36.6 Å². The monoisotopic (exact) mass is 466 g/mol. The molecule has 2 aliphatic rings. The fraction of sp³-hybridized carbons (Fsp3) is 0.308. The molecule has 9 nitrogen and oxygen atoms in total. The van der Waals surface area contributed by atoms with Crippen molar-refractivity contribution in [1.82, 2.24) is 29.6 Å². The average Bonchev–Trinajstić information content (AvgIpc) is 3.55. The summed E-state index contributed by atoms with van der Waals surface area (Å²) in [6.07, 6.45) is 3.94. The van der Waals surface area contributed by atoms with Gasteiger partial charge in [0.2, 0.25) is 0 Å². The van der Waals surface area contributed by atoms with Crippen LogP contribution in [0, 0.1) is 0 Å². The molecule has 9 heteroatoms. The van der Waals surface area contributed by atoms with E-state index in [9.17, 15) is 0 Å². The summed E-state index contributed by atoms with van der Waals surface area (Å²) in [5.41, 5.74) is 11.3. The van der Waals surface area contributed by atoms with Gasteiger partial charge >= 0.3 is 0 Å². The van der Waals surface area contributed by atoms with Crippen LogP contribution in [-0.4, -0.2) is 55.8 Å². The normalized spacial score (nSPS) is 17.0. The Bertz CT molecular complexity index is 1510. The molecule has 2 N–H and O–H groups in total. The first-order valence-corrected chi connectivity index (χ1v) is 12.1. The maximum atomic E-state index is 5.78. The largest absolute Gasteiger partial charge is 0.424 e. The van der Waals surface area contributed by atoms with E-state index >= 15 is 0 Å². The highest BCUT2D eigenvalue weighted by molar-refractivity contribution is 6.00. The smallest absolute Gasteiger partial charge is 0.292 e. The zero-order valence-corrected chi connectivity index (χ0v) is 19.3. The predicted molar refractivity (Wildman–Crippen MR) is 135 cm³/mol. The zero-order chi connectivity index (χ0) is 23.4. The van der Waals surface area contributed by atoms with Gasteiger partial charge in [0.15, 0.2) is 11.2 Å². The average molecular weight is 467 g/mol. The Balaban J connectivity index is 1.25. The standard InChI is InChI=1S/C26H26N8O/c27-26-30-20-14-18(6-9-21(20)35-26)23-22-24(28-16-29-25(22)34(31-23)19-7-8-19)33-12-10-32(11-13-33)15-17-4-2-1-3-5-17/h1-6,9,14,16,19H,7-8,10-13,15H2,(H2,27,30). The van der Waals surface area contributed by atoms with Crippen molar-refractivity contribution in [2.75, 3.05) is 36.8 Å². The Labute approximate surface area is 202 Å². The lowest BCUT2D eigenvalue weighted by Crippen LogP contribution is -2.46. The van der Waals surface area contributed by atoms with E-state index in [1.165, 1.54) is 5.56 Å². The van der Waals surface area contributed by atoms with Crippen molar-refractivity contribution in [3.63, 3.8) is 0 Å². The quantitative estimate of drug-likeness (QED) is 0.416. The third-order valence-electron chi connectivity index (χ3n) is 6.96. The Morgan fingerprint density at radius 2 is 1.80 bits per heavy atom. The summed E-state index contributed by atoms with van der Waals surface area (Å²) in [5, 5.41) is 6.06. The van der Waals surface area contributed by atoms with Crippen molar-refractivity contribution < 1.29 is 4.42 Å². The van der Waals surface area contributed by atoms with Crippen LogP contribution in [0.2, 0.25) is 0 Å². The molecule has 0 spiro atoms. The molecule has 1 aliphatic heterocycles. The maximum absolute atomic E-state index is 5.78. The Morgan fingerprint density at radius 3 is 2.60 bits per heavy atom. The number of aromatic nitrogens is 5. The van der Waals surface area contributed by atoms with Crippen LogP contribution in [0.15, 0.2) is 59.3 Å². The molecule has 0 bridgehead atoms. The molecule has 0 radical (unpaired) electrons. The molecule has 2 aromatic carbocycles. The molecule has 4 heterocycles. The summed E-state index contributed by atoms with van der Waals surface area (Å²) in [6.45, 7) is 4.75. The molecule has 1 saturated carbocycles. The predicted octanol–water partition coefficient (Wildman–Crippen LogP) is 3.87. The molecule has 5 aromatic rings. The number of benzene rings is 2. The Morgan fingerprint density at radius 1 is 0.971 bits per heavy atom. The van der Waals surface area contributed by atoms with E-state index in [0.29, 0.717) is 11.6 Å². The molecule has 7 rings (SSSR count). The van der Waals surface area contributed by atoms with Crippen LogP contribution in [0.1, 0.15) is 24.4 Å². The number of nitrogens with two attached hydrogens (primary N) is 1. The van der Waals surface area contributed by atoms with E-state index < -0.39 is 0 Å². The van der Waals surface area contributed by atoms with Crippen molar-refractivity contribution in [1.29, 1.82) is 0 Å². The van der Waals surface area contributed by atoms with E-state index in [4.69, 9.17) is 20.2 Å². The molecule has 176 valence electrons. The SMILES string of the molecule is Nc1nc2cc(-c3nn(C4CC4)c4ncnc(N5CCN(Cc6ccccc6)CC5)c34)ccc2o1. The molecule has 0 amide bonds. The van der Waals surface area contributed by atoms with Crippen LogP contribution >= 0.6 is 0 Å². The van der Waals surface area contributed by atoms with Crippen LogP contribution in [0.5, 0.6) is 0 Å². The highest BCUT2D eigenvalue weighted by Gasteiger charge is 2.31. The van der Waals surface area contributed by atoms with Crippen molar-refractivity contribution in [2.24, 2.45) is 0 Å². The van der Waals surface area contributed by atoms with Gasteiger partial charge in [0.1, 0.15) is 23.4 Å². The van der Waals surface area contributed by atoms with E-state index in [2.05, 4.69) is 54.8 Å². The van der Waals surface area contributed by atoms with E-state index in [1.54, 1.807) is 6.33 Å². The molecule has 35 heavy (non-hydrogen) atoms. The van der Waals surface area contributed by atoms with E-state index in [1.807, 2.05) is 18.2 Å². The van der Waals surface area contributed by atoms with Crippen LogP contribution in [-0.2, 0) is 6.54 Å². The lowest BCUT2D eigenvalue weighted by atomic mass is 10.1. The molecule has 0 atom stereocenters. The number of oxazole rings is 1. The first-order valence-electron chi connectivity index (χ1n) is 12.1. The molecule has 0 unspecified atom stereocenters. The highest BCUT2D eigenvalue weighted by atomic mass is 16.4. The highest BCUT2D eigenvalue weighted by Crippen LogP contribution is 2.41. The van der Waals surface area contributed by atoms with Crippen LogP contribution in [0.3, 0.4) is 0 Å². The summed E-state index contributed by atoms with van der Waals surface area (Å²) in [7, 11) is 0. The number of fused-ring (bicyclic) bond motifs is 2. The lowest BCUT2D eigenvalue weighted by Gasteiger charge is -2.35. The second-order valence-corrected chi connectivity index (χ2v) is 9.40. The number of anilines is 2. The zero-order valence-electron chi connectivity index (χ0n) is 19.3. The number of rotatable bonds is 5. The Hall–Kier alpha value is -3.98. The summed E-state index contributed by atoms with van der Waals surface area (Å²) < 4.78 is 7.56. The molecule has 3 aromatic heterocycles. The topological polar surface area (TPSA) is 102 Å². The second-order valence-electron chi connectivity index (χ2n) is 9.40. The van der Waals surface area contributed by atoms with E-state index in [0.717, 1.165) is 79.2 Å². The number of piperazine rings is 1. The molecule has 1 aliphatic carbocycles. The number of nitrogens with zero attached hydrogens (tertiary/aromatic N) is 7. The number of nitrogen functional groups attached to an aromatic ring is 1. The fourth-order valence-electron chi connectivity index (χ4n) is 5.03. The van der Waals surface area contributed by atoms with Gasteiger partial charge in [0.05, 0.1) is 11.4 Å². The minimum atomic E-state index is 0.169. The lowest BCUT2D eigenvalue weighted by molar-refractivity contribution is 0.249.